The molecule has 2 nitrogen and oxygen atoms in total. The molecule has 0 unspecified atom stereocenters. The maximum Gasteiger partial charge on any atom is 0.137 e. The molecule has 0 saturated carbocycles. The Labute approximate surface area is 99.0 Å². The van der Waals surface area contributed by atoms with Crippen molar-refractivity contribution in [3.8, 4) is 11.5 Å². The Bertz CT molecular complexity index is 355. The second-order valence-electron chi connectivity index (χ2n) is 3.39. The molecule has 1 aromatic carbocycles. The summed E-state index contributed by atoms with van der Waals surface area (Å²) in [7, 11) is 1.64. The average Bonchev–Trinajstić information content (AvgIpc) is 2.20. The van der Waals surface area contributed by atoms with E-state index in [1.54, 1.807) is 7.11 Å². The van der Waals surface area contributed by atoms with Crippen LogP contribution in [0.5, 0.6) is 11.5 Å². The number of benzene rings is 1. The van der Waals surface area contributed by atoms with E-state index in [1.165, 1.54) is 5.57 Å². The first-order chi connectivity index (χ1) is 7.13. The van der Waals surface area contributed by atoms with Gasteiger partial charge in [-0.1, -0.05) is 5.57 Å². The highest BCUT2D eigenvalue weighted by Crippen LogP contribution is 2.29. The van der Waals surface area contributed by atoms with Crippen molar-refractivity contribution in [1.29, 1.82) is 0 Å². The first-order valence-corrected chi connectivity index (χ1v) is 5.52. The van der Waals surface area contributed by atoms with E-state index in [-0.39, 0.29) is 0 Å². The SMILES string of the molecule is COc1ccc(Br)c(OCC=C(C)C)c1. The fourth-order valence-electron chi connectivity index (χ4n) is 1.02. The third-order valence-corrected chi connectivity index (χ3v) is 2.52. The first kappa shape index (κ1) is 12.1. The van der Waals surface area contributed by atoms with Crippen molar-refractivity contribution in [1.82, 2.24) is 0 Å². The molecule has 0 spiro atoms. The second kappa shape index (κ2) is 5.81. The molecule has 15 heavy (non-hydrogen) atoms. The fraction of sp³-hybridized carbons (Fsp3) is 0.333. The predicted octanol–water partition coefficient (Wildman–Crippen LogP) is 3.80. The van der Waals surface area contributed by atoms with Crippen molar-refractivity contribution in [3.05, 3.63) is 34.3 Å². The summed E-state index contributed by atoms with van der Waals surface area (Å²) in [6.45, 7) is 4.67. The fourth-order valence-corrected chi connectivity index (χ4v) is 1.38. The van der Waals surface area contributed by atoms with Crippen molar-refractivity contribution >= 4 is 15.9 Å². The van der Waals surface area contributed by atoms with Gasteiger partial charge in [0.25, 0.3) is 0 Å². The molecule has 3 heteroatoms. The van der Waals surface area contributed by atoms with Crippen molar-refractivity contribution < 1.29 is 9.47 Å². The van der Waals surface area contributed by atoms with Gasteiger partial charge in [-0.3, -0.25) is 0 Å². The van der Waals surface area contributed by atoms with Crippen LogP contribution < -0.4 is 9.47 Å². The van der Waals surface area contributed by atoms with E-state index >= 15 is 0 Å². The second-order valence-corrected chi connectivity index (χ2v) is 4.24. The highest BCUT2D eigenvalue weighted by atomic mass is 79.9. The van der Waals surface area contributed by atoms with Crippen molar-refractivity contribution in [2.24, 2.45) is 0 Å². The van der Waals surface area contributed by atoms with E-state index in [2.05, 4.69) is 15.9 Å². The van der Waals surface area contributed by atoms with Crippen LogP contribution in [0.4, 0.5) is 0 Å². The largest absolute Gasteiger partial charge is 0.497 e. The summed E-state index contributed by atoms with van der Waals surface area (Å²) in [5, 5.41) is 0. The molecule has 0 atom stereocenters. The normalized spacial score (nSPS) is 9.60. The lowest BCUT2D eigenvalue weighted by molar-refractivity contribution is 0.354. The monoisotopic (exact) mass is 270 g/mol. The molecule has 0 aliphatic heterocycles. The van der Waals surface area contributed by atoms with Crippen LogP contribution in [0.3, 0.4) is 0 Å². The molecular formula is C12H15BrO2. The summed E-state index contributed by atoms with van der Waals surface area (Å²) in [6, 6.07) is 5.66. The Kier molecular flexibility index (Phi) is 4.69. The molecule has 0 aliphatic rings. The Balaban J connectivity index is 2.71. The number of methoxy groups -OCH3 is 1. The van der Waals surface area contributed by atoms with Gasteiger partial charge in [0.1, 0.15) is 18.1 Å². The lowest BCUT2D eigenvalue weighted by Gasteiger charge is -2.08. The molecule has 0 radical (unpaired) electrons. The quantitative estimate of drug-likeness (QED) is 0.775. The molecule has 82 valence electrons. The molecule has 1 rings (SSSR count). The van der Waals surface area contributed by atoms with Crippen molar-refractivity contribution in [2.45, 2.75) is 13.8 Å². The Morgan fingerprint density at radius 1 is 1.40 bits per heavy atom. The van der Waals surface area contributed by atoms with Crippen LogP contribution in [-0.2, 0) is 0 Å². The number of halogens is 1. The molecule has 0 amide bonds. The van der Waals surface area contributed by atoms with Gasteiger partial charge in [-0.05, 0) is 48.0 Å². The molecule has 1 aromatic rings. The molecule has 0 bridgehead atoms. The zero-order valence-electron chi connectivity index (χ0n) is 9.21. The van der Waals surface area contributed by atoms with Gasteiger partial charge in [0.05, 0.1) is 11.6 Å². The summed E-state index contributed by atoms with van der Waals surface area (Å²) >= 11 is 3.43. The van der Waals surface area contributed by atoms with E-state index in [9.17, 15) is 0 Å². The standard InChI is InChI=1S/C12H15BrO2/c1-9(2)6-7-15-12-8-10(14-3)4-5-11(12)13/h4-6,8H,7H2,1-3H3. The number of hydrogen-bond donors (Lipinski definition) is 0. The lowest BCUT2D eigenvalue weighted by atomic mass is 10.3. The minimum atomic E-state index is 0.577. The lowest BCUT2D eigenvalue weighted by Crippen LogP contribution is -1.95. The maximum absolute atomic E-state index is 5.59. The van der Waals surface area contributed by atoms with E-state index in [4.69, 9.17) is 9.47 Å². The minimum absolute atomic E-state index is 0.577. The van der Waals surface area contributed by atoms with Crippen LogP contribution in [0.2, 0.25) is 0 Å². The maximum atomic E-state index is 5.59. The summed E-state index contributed by atoms with van der Waals surface area (Å²) in [6.07, 6.45) is 2.03. The van der Waals surface area contributed by atoms with Gasteiger partial charge in [-0.15, -0.1) is 0 Å². The molecule has 0 aromatic heterocycles. The van der Waals surface area contributed by atoms with E-state index < -0.39 is 0 Å². The molecule has 0 saturated heterocycles. The van der Waals surface area contributed by atoms with Gasteiger partial charge < -0.3 is 9.47 Å². The first-order valence-electron chi connectivity index (χ1n) is 4.73. The van der Waals surface area contributed by atoms with Gasteiger partial charge >= 0.3 is 0 Å². The number of hydrogen-bond acceptors (Lipinski definition) is 2. The third kappa shape index (κ3) is 3.96. The number of allylic oxidation sites excluding steroid dienone is 1. The van der Waals surface area contributed by atoms with Crippen molar-refractivity contribution in [3.63, 3.8) is 0 Å². The van der Waals surface area contributed by atoms with Crippen LogP contribution >= 0.6 is 15.9 Å². The van der Waals surface area contributed by atoms with Gasteiger partial charge in [-0.25, -0.2) is 0 Å². The van der Waals surface area contributed by atoms with Crippen LogP contribution in [0, 0.1) is 0 Å². The zero-order valence-corrected chi connectivity index (χ0v) is 10.8. The molecular weight excluding hydrogens is 256 g/mol. The molecule has 0 N–H and O–H groups in total. The third-order valence-electron chi connectivity index (χ3n) is 1.87. The zero-order chi connectivity index (χ0) is 11.3. The molecule has 0 aliphatic carbocycles. The minimum Gasteiger partial charge on any atom is -0.497 e. The Morgan fingerprint density at radius 3 is 2.73 bits per heavy atom. The number of ether oxygens (including phenoxy) is 2. The van der Waals surface area contributed by atoms with Crippen LogP contribution in [-0.4, -0.2) is 13.7 Å². The average molecular weight is 271 g/mol. The van der Waals surface area contributed by atoms with E-state index in [1.807, 2.05) is 38.1 Å². The predicted molar refractivity (Wildman–Crippen MR) is 65.6 cm³/mol. The topological polar surface area (TPSA) is 18.5 Å². The smallest absolute Gasteiger partial charge is 0.137 e. The van der Waals surface area contributed by atoms with Gasteiger partial charge in [-0.2, -0.15) is 0 Å². The summed E-state index contributed by atoms with van der Waals surface area (Å²) < 4.78 is 11.6. The highest BCUT2D eigenvalue weighted by Gasteiger charge is 2.02. The Morgan fingerprint density at radius 2 is 2.13 bits per heavy atom. The van der Waals surface area contributed by atoms with E-state index in [0.717, 1.165) is 16.0 Å². The van der Waals surface area contributed by atoms with Crippen LogP contribution in [0.25, 0.3) is 0 Å². The highest BCUT2D eigenvalue weighted by molar-refractivity contribution is 9.10. The summed E-state index contributed by atoms with van der Waals surface area (Å²) in [5.41, 5.74) is 1.24. The van der Waals surface area contributed by atoms with Gasteiger partial charge in [0, 0.05) is 6.07 Å². The van der Waals surface area contributed by atoms with Crippen LogP contribution in [0.1, 0.15) is 13.8 Å². The van der Waals surface area contributed by atoms with Crippen molar-refractivity contribution in [2.75, 3.05) is 13.7 Å². The van der Waals surface area contributed by atoms with E-state index in [0.29, 0.717) is 6.61 Å². The van der Waals surface area contributed by atoms with Gasteiger partial charge in [0.15, 0.2) is 0 Å². The Hall–Kier alpha value is -0.960. The molecule has 0 heterocycles. The summed E-state index contributed by atoms with van der Waals surface area (Å²) in [5.74, 6) is 1.59. The van der Waals surface area contributed by atoms with Crippen LogP contribution in [0.15, 0.2) is 34.3 Å². The van der Waals surface area contributed by atoms with Gasteiger partial charge in [0.2, 0.25) is 0 Å². The molecule has 0 fully saturated rings. The summed E-state index contributed by atoms with van der Waals surface area (Å²) in [4.78, 5) is 0. The number of rotatable bonds is 4.